The van der Waals surface area contributed by atoms with Gasteiger partial charge in [0.25, 0.3) is 5.91 Å². The fraction of sp³-hybridized carbons (Fsp3) is 0.238. The summed E-state index contributed by atoms with van der Waals surface area (Å²) >= 11 is 0. The van der Waals surface area contributed by atoms with E-state index in [9.17, 15) is 19.2 Å². The molecule has 0 aliphatic carbocycles. The Morgan fingerprint density at radius 1 is 1.00 bits per heavy atom. The molecule has 7 nitrogen and oxygen atoms in total. The number of nitrogens with one attached hydrogen (secondary N) is 1. The molecule has 0 spiro atoms. The Labute approximate surface area is 162 Å². The SMILES string of the molecule is CC[C@@]1(c2ccccc2)NC(=O)N(CC(=O)OCC(=O)c2ccccc2)C1=O. The van der Waals surface area contributed by atoms with Gasteiger partial charge in [0, 0.05) is 5.56 Å². The molecule has 1 aliphatic heterocycles. The largest absolute Gasteiger partial charge is 0.456 e. The molecule has 1 heterocycles. The average molecular weight is 380 g/mol. The van der Waals surface area contributed by atoms with Crippen LogP contribution in [0.15, 0.2) is 60.7 Å². The lowest BCUT2D eigenvalue weighted by Gasteiger charge is -2.25. The van der Waals surface area contributed by atoms with Gasteiger partial charge in [-0.15, -0.1) is 0 Å². The second kappa shape index (κ2) is 8.04. The van der Waals surface area contributed by atoms with Crippen molar-refractivity contribution < 1.29 is 23.9 Å². The van der Waals surface area contributed by atoms with E-state index < -0.39 is 36.6 Å². The first-order valence-electron chi connectivity index (χ1n) is 8.91. The lowest BCUT2D eigenvalue weighted by atomic mass is 9.87. The minimum atomic E-state index is -1.21. The maximum Gasteiger partial charge on any atom is 0.326 e. The van der Waals surface area contributed by atoms with Crippen LogP contribution in [0.5, 0.6) is 0 Å². The third kappa shape index (κ3) is 3.64. The van der Waals surface area contributed by atoms with Gasteiger partial charge in [0.1, 0.15) is 12.1 Å². The number of amides is 3. The number of hydrogen-bond donors (Lipinski definition) is 1. The number of rotatable bonds is 7. The third-order valence-corrected chi connectivity index (χ3v) is 4.72. The van der Waals surface area contributed by atoms with Crippen molar-refractivity contribution in [2.24, 2.45) is 0 Å². The molecular formula is C21H20N2O5. The Hall–Kier alpha value is -3.48. The maximum absolute atomic E-state index is 12.9. The summed E-state index contributed by atoms with van der Waals surface area (Å²) in [6.45, 7) is 0.775. The van der Waals surface area contributed by atoms with Gasteiger partial charge < -0.3 is 10.1 Å². The van der Waals surface area contributed by atoms with Crippen LogP contribution < -0.4 is 5.32 Å². The molecule has 1 aliphatic rings. The van der Waals surface area contributed by atoms with Crippen LogP contribution in [-0.4, -0.2) is 41.7 Å². The first kappa shape index (κ1) is 19.3. The number of urea groups is 1. The molecule has 3 rings (SSSR count). The van der Waals surface area contributed by atoms with Crippen molar-refractivity contribution in [1.82, 2.24) is 10.2 Å². The summed E-state index contributed by atoms with van der Waals surface area (Å²) in [5, 5.41) is 2.69. The summed E-state index contributed by atoms with van der Waals surface area (Å²) in [6.07, 6.45) is 0.333. The fourth-order valence-electron chi connectivity index (χ4n) is 3.16. The van der Waals surface area contributed by atoms with Crippen molar-refractivity contribution in [1.29, 1.82) is 0 Å². The number of ether oxygens (including phenoxy) is 1. The maximum atomic E-state index is 12.9. The molecule has 7 heteroatoms. The standard InChI is InChI=1S/C21H20N2O5/c1-2-21(16-11-7-4-8-12-16)19(26)23(20(27)22-21)13-18(25)28-14-17(24)15-9-5-3-6-10-15/h3-12H,2,13-14H2,1H3,(H,22,27)/t21-/m0/s1. The highest BCUT2D eigenvalue weighted by Gasteiger charge is 2.51. The van der Waals surface area contributed by atoms with E-state index in [4.69, 9.17) is 4.74 Å². The van der Waals surface area contributed by atoms with E-state index in [1.54, 1.807) is 61.5 Å². The van der Waals surface area contributed by atoms with Crippen LogP contribution in [0.4, 0.5) is 4.79 Å². The normalized spacial score (nSPS) is 18.7. The number of esters is 1. The summed E-state index contributed by atoms with van der Waals surface area (Å²) in [5.74, 6) is -1.70. The molecule has 144 valence electrons. The summed E-state index contributed by atoms with van der Waals surface area (Å²) in [5.41, 5.74) is -0.149. The number of carbonyl (C=O) groups is 4. The zero-order valence-electron chi connectivity index (χ0n) is 15.4. The second-order valence-electron chi connectivity index (χ2n) is 6.40. The summed E-state index contributed by atoms with van der Waals surface area (Å²) in [6, 6.07) is 16.6. The summed E-state index contributed by atoms with van der Waals surface area (Å²) in [7, 11) is 0. The van der Waals surface area contributed by atoms with Crippen LogP contribution in [-0.2, 0) is 19.9 Å². The third-order valence-electron chi connectivity index (χ3n) is 4.72. The van der Waals surface area contributed by atoms with E-state index in [1.165, 1.54) is 0 Å². The van der Waals surface area contributed by atoms with E-state index in [2.05, 4.69) is 5.32 Å². The van der Waals surface area contributed by atoms with E-state index in [1.807, 2.05) is 6.07 Å². The van der Waals surface area contributed by atoms with Gasteiger partial charge in [-0.2, -0.15) is 0 Å². The lowest BCUT2D eigenvalue weighted by Crippen LogP contribution is -2.44. The van der Waals surface area contributed by atoms with Crippen LogP contribution in [0.3, 0.4) is 0 Å². The molecule has 0 radical (unpaired) electrons. The number of benzene rings is 2. The molecule has 1 fully saturated rings. The fourth-order valence-corrected chi connectivity index (χ4v) is 3.16. The minimum absolute atomic E-state index is 0.333. The monoisotopic (exact) mass is 380 g/mol. The van der Waals surface area contributed by atoms with Gasteiger partial charge >= 0.3 is 12.0 Å². The van der Waals surface area contributed by atoms with E-state index in [-0.39, 0.29) is 5.78 Å². The smallest absolute Gasteiger partial charge is 0.326 e. The Balaban J connectivity index is 1.65. The Kier molecular flexibility index (Phi) is 5.54. The van der Waals surface area contributed by atoms with Crippen molar-refractivity contribution >= 4 is 23.7 Å². The first-order chi connectivity index (χ1) is 13.5. The van der Waals surface area contributed by atoms with Crippen LogP contribution in [0.2, 0.25) is 0 Å². The number of carbonyl (C=O) groups excluding carboxylic acids is 4. The molecule has 2 aromatic carbocycles. The van der Waals surface area contributed by atoms with Gasteiger partial charge in [-0.3, -0.25) is 19.3 Å². The molecule has 1 saturated heterocycles. The van der Waals surface area contributed by atoms with Gasteiger partial charge in [0.15, 0.2) is 12.4 Å². The topological polar surface area (TPSA) is 92.8 Å². The highest BCUT2D eigenvalue weighted by molar-refractivity contribution is 6.09. The highest BCUT2D eigenvalue weighted by Crippen LogP contribution is 2.32. The molecule has 1 atom stereocenters. The van der Waals surface area contributed by atoms with E-state index in [0.29, 0.717) is 17.5 Å². The van der Waals surface area contributed by atoms with Gasteiger partial charge in [0.2, 0.25) is 0 Å². The predicted octanol–water partition coefficient (Wildman–Crippen LogP) is 2.27. The quantitative estimate of drug-likeness (QED) is 0.452. The molecular weight excluding hydrogens is 360 g/mol. The Morgan fingerprint density at radius 2 is 1.61 bits per heavy atom. The van der Waals surface area contributed by atoms with Crippen molar-refractivity contribution in [2.75, 3.05) is 13.2 Å². The van der Waals surface area contributed by atoms with Crippen molar-refractivity contribution in [3.05, 3.63) is 71.8 Å². The lowest BCUT2D eigenvalue weighted by molar-refractivity contribution is -0.147. The molecule has 0 aromatic heterocycles. The minimum Gasteiger partial charge on any atom is -0.456 e. The average Bonchev–Trinajstić information content (AvgIpc) is 2.98. The number of ketones is 1. The first-order valence-corrected chi connectivity index (χ1v) is 8.91. The molecule has 1 N–H and O–H groups in total. The van der Waals surface area contributed by atoms with Gasteiger partial charge in [-0.1, -0.05) is 67.6 Å². The molecule has 3 amide bonds. The van der Waals surface area contributed by atoms with E-state index in [0.717, 1.165) is 4.90 Å². The van der Waals surface area contributed by atoms with Crippen LogP contribution in [0.25, 0.3) is 0 Å². The summed E-state index contributed by atoms with van der Waals surface area (Å²) < 4.78 is 4.96. The van der Waals surface area contributed by atoms with Crippen molar-refractivity contribution in [3.8, 4) is 0 Å². The Morgan fingerprint density at radius 3 is 2.21 bits per heavy atom. The number of imide groups is 1. The second-order valence-corrected chi connectivity index (χ2v) is 6.40. The molecule has 28 heavy (non-hydrogen) atoms. The zero-order valence-corrected chi connectivity index (χ0v) is 15.4. The Bertz CT molecular complexity index is 898. The zero-order chi connectivity index (χ0) is 20.1. The van der Waals surface area contributed by atoms with Gasteiger partial charge in [0.05, 0.1) is 0 Å². The van der Waals surface area contributed by atoms with E-state index >= 15 is 0 Å². The number of Topliss-reactive ketones (excluding diaryl/α,β-unsaturated/α-hetero) is 1. The molecule has 2 aromatic rings. The van der Waals surface area contributed by atoms with Crippen LogP contribution in [0, 0.1) is 0 Å². The predicted molar refractivity (Wildman–Crippen MR) is 100 cm³/mol. The highest BCUT2D eigenvalue weighted by atomic mass is 16.5. The van der Waals surface area contributed by atoms with Gasteiger partial charge in [-0.25, -0.2) is 4.79 Å². The van der Waals surface area contributed by atoms with Crippen LogP contribution >= 0.6 is 0 Å². The number of nitrogens with zero attached hydrogens (tertiary/aromatic N) is 1. The van der Waals surface area contributed by atoms with Crippen molar-refractivity contribution in [2.45, 2.75) is 18.9 Å². The van der Waals surface area contributed by atoms with Crippen molar-refractivity contribution in [3.63, 3.8) is 0 Å². The summed E-state index contributed by atoms with van der Waals surface area (Å²) in [4.78, 5) is 50.2. The number of hydrogen-bond acceptors (Lipinski definition) is 5. The molecule has 0 saturated carbocycles. The van der Waals surface area contributed by atoms with Crippen LogP contribution in [0.1, 0.15) is 29.3 Å². The van der Waals surface area contributed by atoms with Gasteiger partial charge in [-0.05, 0) is 12.0 Å². The molecule has 0 unspecified atom stereocenters. The molecule has 0 bridgehead atoms.